The van der Waals surface area contributed by atoms with E-state index in [4.69, 9.17) is 23.8 Å². The molecule has 272 valence electrons. The predicted molar refractivity (Wildman–Crippen MR) is 238 cm³/mol. The van der Waals surface area contributed by atoms with E-state index in [-0.39, 0.29) is 0 Å². The number of hydrogen-bond donors (Lipinski definition) is 0. The lowest BCUT2D eigenvalue weighted by molar-refractivity contribution is 0.669. The molecule has 0 amide bonds. The number of aromatic nitrogens is 3. The standard InChI is InChI=1S/C51H30N4O2S/c1-3-12-31(13-4-1)49-52-50(32-14-5-2-6-15-32)54-51(53-49)40-18-11-20-43-48(40)39-26-23-35(30-45(39)57-43)55(33-24-27-47-41(28-33)38-17-8-10-21-46(38)58-47)34-22-25-37-36-16-7-9-19-42(36)56-44(37)29-34/h1-30H. The minimum absolute atomic E-state index is 0.585. The van der Waals surface area contributed by atoms with Gasteiger partial charge in [-0.1, -0.05) is 109 Å². The lowest BCUT2D eigenvalue weighted by atomic mass is 10.0. The lowest BCUT2D eigenvalue weighted by Gasteiger charge is -2.25. The SMILES string of the molecule is c1ccc(-c2nc(-c3ccccc3)nc(-c3cccc4oc5cc(N(c6ccc7c(c6)oc6ccccc67)c6ccc7sc8ccccc8c7c6)ccc5c34)n2)cc1. The molecule has 0 saturated carbocycles. The van der Waals surface area contributed by atoms with Crippen molar-refractivity contribution in [3.05, 3.63) is 182 Å². The Balaban J connectivity index is 1.05. The molecular formula is C51H30N4O2S. The topological polar surface area (TPSA) is 68.2 Å². The Morgan fingerprint density at radius 3 is 1.66 bits per heavy atom. The molecule has 0 radical (unpaired) electrons. The van der Waals surface area contributed by atoms with E-state index >= 15 is 0 Å². The summed E-state index contributed by atoms with van der Waals surface area (Å²) in [4.78, 5) is 17.3. The number of rotatable bonds is 6. The van der Waals surface area contributed by atoms with Crippen LogP contribution in [0, 0.1) is 0 Å². The molecule has 0 atom stereocenters. The van der Waals surface area contributed by atoms with Crippen molar-refractivity contribution in [2.45, 2.75) is 0 Å². The molecule has 0 aliphatic heterocycles. The van der Waals surface area contributed by atoms with E-state index < -0.39 is 0 Å². The first-order chi connectivity index (χ1) is 28.7. The second-order valence-corrected chi connectivity index (χ2v) is 15.5. The fourth-order valence-corrected chi connectivity index (χ4v) is 9.31. The highest BCUT2D eigenvalue weighted by Gasteiger charge is 2.21. The van der Waals surface area contributed by atoms with Gasteiger partial charge in [-0.05, 0) is 60.7 Å². The molecule has 12 rings (SSSR count). The van der Waals surface area contributed by atoms with Gasteiger partial charge in [-0.2, -0.15) is 0 Å². The van der Waals surface area contributed by atoms with Gasteiger partial charge in [-0.3, -0.25) is 0 Å². The van der Waals surface area contributed by atoms with Gasteiger partial charge >= 0.3 is 0 Å². The number of fused-ring (bicyclic) bond motifs is 9. The summed E-state index contributed by atoms with van der Waals surface area (Å²) in [5.41, 5.74) is 8.93. The van der Waals surface area contributed by atoms with Crippen molar-refractivity contribution in [3.63, 3.8) is 0 Å². The zero-order valence-corrected chi connectivity index (χ0v) is 31.7. The summed E-state index contributed by atoms with van der Waals surface area (Å²) < 4.78 is 15.7. The number of para-hydroxylation sites is 1. The fraction of sp³-hybridized carbons (Fsp3) is 0. The van der Waals surface area contributed by atoms with E-state index in [0.717, 1.165) is 77.6 Å². The van der Waals surface area contributed by atoms with Crippen LogP contribution in [-0.2, 0) is 0 Å². The minimum Gasteiger partial charge on any atom is -0.456 e. The van der Waals surface area contributed by atoms with E-state index in [2.05, 4.69) is 102 Å². The maximum Gasteiger partial charge on any atom is 0.164 e. The summed E-state index contributed by atoms with van der Waals surface area (Å²) in [7, 11) is 0. The molecule has 0 aliphatic carbocycles. The molecule has 4 heterocycles. The highest BCUT2D eigenvalue weighted by atomic mass is 32.1. The number of hydrogen-bond acceptors (Lipinski definition) is 7. The largest absolute Gasteiger partial charge is 0.456 e. The third kappa shape index (κ3) is 5.29. The minimum atomic E-state index is 0.585. The first-order valence-corrected chi connectivity index (χ1v) is 20.0. The second kappa shape index (κ2) is 13.0. The monoisotopic (exact) mass is 762 g/mol. The van der Waals surface area contributed by atoms with Crippen molar-refractivity contribution >= 4 is 92.4 Å². The first-order valence-electron chi connectivity index (χ1n) is 19.2. The second-order valence-electron chi connectivity index (χ2n) is 14.4. The van der Waals surface area contributed by atoms with E-state index in [1.165, 1.54) is 20.2 Å². The Morgan fingerprint density at radius 1 is 0.362 bits per heavy atom. The number of anilines is 3. The van der Waals surface area contributed by atoms with Gasteiger partial charge in [-0.15, -0.1) is 11.3 Å². The first kappa shape index (κ1) is 32.6. The van der Waals surface area contributed by atoms with Crippen LogP contribution in [0.2, 0.25) is 0 Å². The highest BCUT2D eigenvalue weighted by molar-refractivity contribution is 7.25. The van der Waals surface area contributed by atoms with E-state index in [9.17, 15) is 0 Å². The van der Waals surface area contributed by atoms with Crippen molar-refractivity contribution < 1.29 is 8.83 Å². The molecule has 0 bridgehead atoms. The molecule has 58 heavy (non-hydrogen) atoms. The van der Waals surface area contributed by atoms with Gasteiger partial charge in [0.2, 0.25) is 0 Å². The smallest absolute Gasteiger partial charge is 0.164 e. The van der Waals surface area contributed by atoms with Crippen molar-refractivity contribution in [2.75, 3.05) is 4.90 Å². The Morgan fingerprint density at radius 2 is 0.897 bits per heavy atom. The molecule has 6 nitrogen and oxygen atoms in total. The summed E-state index contributed by atoms with van der Waals surface area (Å²) in [5, 5.41) is 6.60. The third-order valence-electron chi connectivity index (χ3n) is 10.9. The summed E-state index contributed by atoms with van der Waals surface area (Å²) in [6.45, 7) is 0. The van der Waals surface area contributed by atoms with Gasteiger partial charge in [0.1, 0.15) is 22.3 Å². The average Bonchev–Trinajstić information content (AvgIpc) is 3.97. The Labute approximate surface area is 335 Å². The maximum absolute atomic E-state index is 6.72. The third-order valence-corrected chi connectivity index (χ3v) is 12.1. The number of nitrogens with zero attached hydrogens (tertiary/aromatic N) is 4. The molecule has 0 N–H and O–H groups in total. The van der Waals surface area contributed by atoms with E-state index in [1.807, 2.05) is 96.3 Å². The van der Waals surface area contributed by atoms with Crippen LogP contribution in [0.3, 0.4) is 0 Å². The quantitative estimate of drug-likeness (QED) is 0.168. The normalized spacial score (nSPS) is 11.8. The number of furan rings is 2. The van der Waals surface area contributed by atoms with Crippen molar-refractivity contribution in [3.8, 4) is 34.2 Å². The van der Waals surface area contributed by atoms with Gasteiger partial charge < -0.3 is 13.7 Å². The van der Waals surface area contributed by atoms with Gasteiger partial charge in [-0.25, -0.2) is 15.0 Å². The molecule has 0 unspecified atom stereocenters. The lowest BCUT2D eigenvalue weighted by Crippen LogP contribution is -2.09. The van der Waals surface area contributed by atoms with Crippen molar-refractivity contribution in [2.24, 2.45) is 0 Å². The molecule has 0 spiro atoms. The van der Waals surface area contributed by atoms with Gasteiger partial charge in [0.15, 0.2) is 17.5 Å². The molecular weight excluding hydrogens is 733 g/mol. The summed E-state index contributed by atoms with van der Waals surface area (Å²) in [5.74, 6) is 1.81. The van der Waals surface area contributed by atoms with Gasteiger partial charge in [0, 0.05) is 87.6 Å². The fourth-order valence-electron chi connectivity index (χ4n) is 8.22. The molecule has 8 aromatic carbocycles. The molecule has 7 heteroatoms. The zero-order chi connectivity index (χ0) is 38.2. The van der Waals surface area contributed by atoms with Crippen LogP contribution in [0.1, 0.15) is 0 Å². The van der Waals surface area contributed by atoms with Crippen LogP contribution >= 0.6 is 11.3 Å². The van der Waals surface area contributed by atoms with Gasteiger partial charge in [0.05, 0.1) is 0 Å². The summed E-state index contributed by atoms with van der Waals surface area (Å²) >= 11 is 1.82. The van der Waals surface area contributed by atoms with Crippen molar-refractivity contribution in [1.82, 2.24) is 15.0 Å². The van der Waals surface area contributed by atoms with Gasteiger partial charge in [0.25, 0.3) is 0 Å². The van der Waals surface area contributed by atoms with E-state index in [1.54, 1.807) is 0 Å². The van der Waals surface area contributed by atoms with Crippen LogP contribution in [0.5, 0.6) is 0 Å². The van der Waals surface area contributed by atoms with Crippen LogP contribution in [-0.4, -0.2) is 15.0 Å². The molecule has 12 aromatic rings. The highest BCUT2D eigenvalue weighted by Crippen LogP contribution is 2.44. The summed E-state index contributed by atoms with van der Waals surface area (Å²) in [6, 6.07) is 62.7. The van der Waals surface area contributed by atoms with Crippen LogP contribution < -0.4 is 4.90 Å². The Kier molecular flexibility index (Phi) is 7.30. The number of thiophene rings is 1. The molecule has 0 fully saturated rings. The van der Waals surface area contributed by atoms with Crippen LogP contribution in [0.25, 0.3) is 98.2 Å². The Bertz CT molecular complexity index is 3480. The summed E-state index contributed by atoms with van der Waals surface area (Å²) in [6.07, 6.45) is 0. The Hall–Kier alpha value is -7.61. The maximum atomic E-state index is 6.72. The molecule has 0 aliphatic rings. The van der Waals surface area contributed by atoms with Crippen LogP contribution in [0.15, 0.2) is 191 Å². The predicted octanol–water partition coefficient (Wildman–Crippen LogP) is 14.5. The van der Waals surface area contributed by atoms with E-state index in [0.29, 0.717) is 17.5 Å². The number of benzene rings is 8. The van der Waals surface area contributed by atoms with Crippen molar-refractivity contribution in [1.29, 1.82) is 0 Å². The average molecular weight is 763 g/mol. The molecule has 4 aromatic heterocycles. The zero-order valence-electron chi connectivity index (χ0n) is 30.8. The van der Waals surface area contributed by atoms with Crippen LogP contribution in [0.4, 0.5) is 17.1 Å². The molecule has 0 saturated heterocycles.